The summed E-state index contributed by atoms with van der Waals surface area (Å²) in [5, 5.41) is 18.4. The van der Waals surface area contributed by atoms with Crippen LogP contribution in [0.15, 0.2) is 66.2 Å². The third-order valence-electron chi connectivity index (χ3n) is 9.19. The van der Waals surface area contributed by atoms with Gasteiger partial charge in [0.1, 0.15) is 24.1 Å². The first-order valence-electron chi connectivity index (χ1n) is 14.8. The summed E-state index contributed by atoms with van der Waals surface area (Å²) in [7, 11) is 5.67. The Labute approximate surface area is 241 Å². The number of aromatic nitrogens is 2. The Balaban J connectivity index is 1.11. The van der Waals surface area contributed by atoms with E-state index in [1.54, 1.807) is 17.3 Å². The Morgan fingerprint density at radius 3 is 2.80 bits per heavy atom. The summed E-state index contributed by atoms with van der Waals surface area (Å²) < 4.78 is 1.67. The molecule has 2 aromatic heterocycles. The van der Waals surface area contributed by atoms with Crippen LogP contribution in [0.1, 0.15) is 58.8 Å². The minimum Gasteiger partial charge on any atom is -0.622 e. The highest BCUT2D eigenvalue weighted by atomic mass is 16.5. The number of pyridine rings is 1. The molecule has 1 amide bonds. The largest absolute Gasteiger partial charge is 0.622 e. The zero-order valence-electron chi connectivity index (χ0n) is 24.2. The average Bonchev–Trinajstić information content (AvgIpc) is 3.65. The molecule has 1 atom stereocenters. The predicted molar refractivity (Wildman–Crippen MR) is 164 cm³/mol. The van der Waals surface area contributed by atoms with Crippen LogP contribution < -0.4 is 9.96 Å². The van der Waals surface area contributed by atoms with Gasteiger partial charge in [-0.15, -0.1) is 0 Å². The zero-order chi connectivity index (χ0) is 28.3. The lowest BCUT2D eigenvalue weighted by molar-refractivity contribution is 0.0827. The number of hydrogen-bond acceptors (Lipinski definition) is 5. The number of nitrogens with zero attached hydrogens (tertiary/aromatic N) is 5. The lowest BCUT2D eigenvalue weighted by Crippen LogP contribution is -2.41. The minimum atomic E-state index is -0.471. The van der Waals surface area contributed by atoms with Crippen LogP contribution in [0.4, 0.5) is 5.69 Å². The quantitative estimate of drug-likeness (QED) is 0.345. The summed E-state index contributed by atoms with van der Waals surface area (Å²) in [6, 6.07) is 10.3. The molecule has 3 aromatic rings. The van der Waals surface area contributed by atoms with Crippen LogP contribution in [0.2, 0.25) is 0 Å². The normalized spacial score (nSPS) is 22.6. The molecule has 8 heteroatoms. The van der Waals surface area contributed by atoms with E-state index in [9.17, 15) is 10.0 Å². The SMILES string of the molecule is CN(C)C(=O)c1ccc(C2=CCN(Cc3cc4c([N+]5([O-])C=CC6=C(CCN6)C5)ccnc4n3C)CC2)c(C2CC2)c1. The number of carbonyl (C=O) groups excluding carboxylic acids is 1. The molecule has 41 heavy (non-hydrogen) atoms. The van der Waals surface area contributed by atoms with Gasteiger partial charge in [-0.1, -0.05) is 12.1 Å². The highest BCUT2D eigenvalue weighted by Gasteiger charge is 2.31. The van der Waals surface area contributed by atoms with Gasteiger partial charge in [0.05, 0.1) is 5.39 Å². The second-order valence-corrected chi connectivity index (χ2v) is 12.2. The maximum atomic E-state index is 14.0. The van der Waals surface area contributed by atoms with Crippen LogP contribution >= 0.6 is 0 Å². The Morgan fingerprint density at radius 1 is 1.20 bits per heavy atom. The molecular weight excluding hydrogens is 512 g/mol. The van der Waals surface area contributed by atoms with Crippen molar-refractivity contribution in [3.8, 4) is 0 Å². The topological polar surface area (TPSA) is 76.5 Å². The molecule has 1 aliphatic carbocycles. The maximum Gasteiger partial charge on any atom is 0.253 e. The molecule has 0 bridgehead atoms. The van der Waals surface area contributed by atoms with Crippen LogP contribution in [0.25, 0.3) is 16.6 Å². The summed E-state index contributed by atoms with van der Waals surface area (Å²) in [6.45, 7) is 3.99. The van der Waals surface area contributed by atoms with Crippen molar-refractivity contribution in [2.45, 2.75) is 38.1 Å². The Hall–Kier alpha value is -3.72. The zero-order valence-corrected chi connectivity index (χ0v) is 24.2. The number of fused-ring (bicyclic) bond motifs is 1. The predicted octanol–water partition coefficient (Wildman–Crippen LogP) is 5.02. The monoisotopic (exact) mass is 550 g/mol. The van der Waals surface area contributed by atoms with E-state index in [0.29, 0.717) is 12.5 Å². The summed E-state index contributed by atoms with van der Waals surface area (Å²) in [6.07, 6.45) is 12.2. The molecule has 0 spiro atoms. The fourth-order valence-electron chi connectivity index (χ4n) is 6.69. The third-order valence-corrected chi connectivity index (χ3v) is 9.19. The number of allylic oxidation sites excluding steroid dienone is 1. The van der Waals surface area contributed by atoms with Crippen molar-refractivity contribution in [1.29, 1.82) is 0 Å². The van der Waals surface area contributed by atoms with Crippen molar-refractivity contribution in [2.24, 2.45) is 7.05 Å². The van der Waals surface area contributed by atoms with Gasteiger partial charge in [0, 0.05) is 88.2 Å². The van der Waals surface area contributed by atoms with Gasteiger partial charge in [0.15, 0.2) is 0 Å². The number of aryl methyl sites for hydroxylation is 1. The molecule has 1 saturated carbocycles. The van der Waals surface area contributed by atoms with E-state index in [-0.39, 0.29) is 5.91 Å². The smallest absolute Gasteiger partial charge is 0.253 e. The molecule has 1 fully saturated rings. The van der Waals surface area contributed by atoms with Gasteiger partial charge >= 0.3 is 0 Å². The highest BCUT2D eigenvalue weighted by Crippen LogP contribution is 2.44. The van der Waals surface area contributed by atoms with Gasteiger partial charge < -0.3 is 20.0 Å². The van der Waals surface area contributed by atoms with Gasteiger partial charge in [-0.2, -0.15) is 0 Å². The molecule has 212 valence electrons. The van der Waals surface area contributed by atoms with Gasteiger partial charge in [0.2, 0.25) is 0 Å². The van der Waals surface area contributed by atoms with Gasteiger partial charge in [-0.25, -0.2) is 4.98 Å². The van der Waals surface area contributed by atoms with Crippen molar-refractivity contribution < 1.29 is 4.79 Å². The molecule has 5 heterocycles. The van der Waals surface area contributed by atoms with E-state index >= 15 is 0 Å². The Morgan fingerprint density at radius 2 is 2.05 bits per heavy atom. The number of quaternary nitrogens is 1. The first-order valence-corrected chi connectivity index (χ1v) is 14.8. The Bertz CT molecular complexity index is 1640. The fraction of sp³-hybridized carbons (Fsp3) is 0.394. The molecule has 8 nitrogen and oxygen atoms in total. The maximum absolute atomic E-state index is 14.0. The molecule has 0 radical (unpaired) electrons. The standard InChI is InChI=1S/C33H38N6O2/c1-36(2)33(40)24-6-7-27(28(18-24)22-4-5-22)23-10-15-38(16-11-23)20-26-19-29-31(9-14-35-32(29)37(26)3)39(41)17-12-30-25(21-39)8-13-34-30/h6-7,9-10,12,14,17-19,22,34H,4-5,8,11,13,15-16,20-21H2,1-3H3. The number of hydroxylamine groups is 2. The van der Waals surface area contributed by atoms with Gasteiger partial charge in [-0.05, 0) is 66.5 Å². The van der Waals surface area contributed by atoms with E-state index in [2.05, 4.69) is 51.1 Å². The first-order chi connectivity index (χ1) is 19.8. The van der Waals surface area contributed by atoms with Gasteiger partial charge in [-0.3, -0.25) is 14.3 Å². The van der Waals surface area contributed by atoms with E-state index in [4.69, 9.17) is 0 Å². The van der Waals surface area contributed by atoms with Crippen molar-refractivity contribution in [3.63, 3.8) is 0 Å². The summed E-state index contributed by atoms with van der Waals surface area (Å²) in [5.74, 6) is 0.638. The molecular formula is C33H38N6O2. The fourth-order valence-corrected chi connectivity index (χ4v) is 6.69. The second kappa shape index (κ2) is 9.98. The lowest BCUT2D eigenvalue weighted by atomic mass is 9.91. The van der Waals surface area contributed by atoms with E-state index in [1.807, 2.05) is 32.3 Å². The van der Waals surface area contributed by atoms with Crippen LogP contribution in [-0.4, -0.2) is 65.5 Å². The van der Waals surface area contributed by atoms with Crippen LogP contribution in [0.5, 0.6) is 0 Å². The number of nitrogens with one attached hydrogen (secondary N) is 1. The molecule has 1 aromatic carbocycles. The molecule has 1 N–H and O–H groups in total. The number of hydrogen-bond donors (Lipinski definition) is 1. The molecule has 7 rings (SSSR count). The van der Waals surface area contributed by atoms with Crippen molar-refractivity contribution >= 4 is 28.2 Å². The molecule has 1 unspecified atom stereocenters. The van der Waals surface area contributed by atoms with Crippen LogP contribution in [-0.2, 0) is 13.6 Å². The Kier molecular flexibility index (Phi) is 6.37. The number of amides is 1. The molecule has 3 aliphatic heterocycles. The number of carbonyl (C=O) groups is 1. The highest BCUT2D eigenvalue weighted by molar-refractivity contribution is 5.95. The second-order valence-electron chi connectivity index (χ2n) is 12.2. The third kappa shape index (κ3) is 4.70. The van der Waals surface area contributed by atoms with Crippen molar-refractivity contribution in [1.82, 2.24) is 29.3 Å². The van der Waals surface area contributed by atoms with Crippen LogP contribution in [0.3, 0.4) is 0 Å². The summed E-state index contributed by atoms with van der Waals surface area (Å²) in [4.78, 5) is 21.4. The molecule has 0 saturated heterocycles. The number of rotatable bonds is 6. The lowest BCUT2D eigenvalue weighted by Gasteiger charge is -2.40. The van der Waals surface area contributed by atoms with Crippen molar-refractivity contribution in [2.75, 3.05) is 40.3 Å². The van der Waals surface area contributed by atoms with E-state index < -0.39 is 4.65 Å². The van der Waals surface area contributed by atoms with Crippen LogP contribution in [0, 0.1) is 5.21 Å². The first kappa shape index (κ1) is 26.2. The average molecular weight is 551 g/mol. The van der Waals surface area contributed by atoms with E-state index in [1.165, 1.54) is 35.1 Å². The van der Waals surface area contributed by atoms with Crippen molar-refractivity contribution in [3.05, 3.63) is 93.7 Å². The van der Waals surface area contributed by atoms with Gasteiger partial charge in [0.25, 0.3) is 5.91 Å². The minimum absolute atomic E-state index is 0.0634. The van der Waals surface area contributed by atoms with E-state index in [0.717, 1.165) is 72.7 Å². The molecule has 4 aliphatic rings. The number of benzene rings is 1. The summed E-state index contributed by atoms with van der Waals surface area (Å²) >= 11 is 0. The summed E-state index contributed by atoms with van der Waals surface area (Å²) in [5.41, 5.74) is 9.93.